The SMILES string of the molecule is CCC(CNCC(C)C)OCC1CCCO1. The zero-order valence-corrected chi connectivity index (χ0v) is 11.0. The van der Waals surface area contributed by atoms with Gasteiger partial charge in [-0.05, 0) is 31.7 Å². The van der Waals surface area contributed by atoms with Gasteiger partial charge in [-0.1, -0.05) is 20.8 Å². The highest BCUT2D eigenvalue weighted by Crippen LogP contribution is 2.13. The zero-order valence-electron chi connectivity index (χ0n) is 11.0. The highest BCUT2D eigenvalue weighted by Gasteiger charge is 2.17. The smallest absolute Gasteiger partial charge is 0.0809 e. The van der Waals surface area contributed by atoms with Gasteiger partial charge >= 0.3 is 0 Å². The summed E-state index contributed by atoms with van der Waals surface area (Å²) in [6.07, 6.45) is 4.10. The Balaban J connectivity index is 2.05. The Bertz CT molecular complexity index is 167. The van der Waals surface area contributed by atoms with Crippen molar-refractivity contribution in [3.05, 3.63) is 0 Å². The van der Waals surface area contributed by atoms with Crippen molar-refractivity contribution in [3.8, 4) is 0 Å². The number of hydrogen-bond donors (Lipinski definition) is 1. The molecule has 0 saturated carbocycles. The Morgan fingerprint density at radius 2 is 2.19 bits per heavy atom. The van der Waals surface area contributed by atoms with Crippen molar-refractivity contribution in [2.24, 2.45) is 5.92 Å². The van der Waals surface area contributed by atoms with Crippen molar-refractivity contribution in [1.29, 1.82) is 0 Å². The minimum absolute atomic E-state index is 0.336. The Kier molecular flexibility index (Phi) is 7.01. The van der Waals surface area contributed by atoms with E-state index in [1.54, 1.807) is 0 Å². The van der Waals surface area contributed by atoms with Crippen LogP contribution in [0.3, 0.4) is 0 Å². The van der Waals surface area contributed by atoms with Gasteiger partial charge in [-0.2, -0.15) is 0 Å². The van der Waals surface area contributed by atoms with Crippen LogP contribution in [0.4, 0.5) is 0 Å². The first-order chi connectivity index (χ1) is 7.72. The van der Waals surface area contributed by atoms with Crippen LogP contribution >= 0.6 is 0 Å². The molecule has 0 aromatic carbocycles. The molecule has 1 heterocycles. The quantitative estimate of drug-likeness (QED) is 0.692. The summed E-state index contributed by atoms with van der Waals surface area (Å²) in [7, 11) is 0. The van der Waals surface area contributed by atoms with Crippen LogP contribution in [-0.2, 0) is 9.47 Å². The van der Waals surface area contributed by atoms with Gasteiger partial charge in [-0.15, -0.1) is 0 Å². The van der Waals surface area contributed by atoms with Gasteiger partial charge in [0.2, 0.25) is 0 Å². The second-order valence-corrected chi connectivity index (χ2v) is 5.05. The standard InChI is InChI=1S/C13H27NO2/c1-4-12(9-14-8-11(2)3)16-10-13-6-5-7-15-13/h11-14H,4-10H2,1-3H3. The first-order valence-corrected chi connectivity index (χ1v) is 6.66. The van der Waals surface area contributed by atoms with Crippen LogP contribution in [0.25, 0.3) is 0 Å². The molecule has 1 aliphatic heterocycles. The molecule has 0 aromatic rings. The maximum atomic E-state index is 5.87. The summed E-state index contributed by atoms with van der Waals surface area (Å²) in [6, 6.07) is 0. The molecule has 1 aliphatic rings. The molecule has 16 heavy (non-hydrogen) atoms. The molecule has 0 aromatic heterocycles. The largest absolute Gasteiger partial charge is 0.376 e. The first kappa shape index (κ1) is 13.9. The Labute approximate surface area is 99.9 Å². The van der Waals surface area contributed by atoms with Crippen LogP contribution in [0, 0.1) is 5.92 Å². The first-order valence-electron chi connectivity index (χ1n) is 6.66. The van der Waals surface area contributed by atoms with E-state index in [0.717, 1.165) is 39.1 Å². The number of nitrogens with one attached hydrogen (secondary N) is 1. The Morgan fingerprint density at radius 1 is 1.38 bits per heavy atom. The van der Waals surface area contributed by atoms with Crippen molar-refractivity contribution in [2.75, 3.05) is 26.3 Å². The van der Waals surface area contributed by atoms with Gasteiger partial charge in [0.25, 0.3) is 0 Å². The fourth-order valence-electron chi connectivity index (χ4n) is 1.87. The van der Waals surface area contributed by atoms with Gasteiger partial charge in [-0.3, -0.25) is 0 Å². The third-order valence-corrected chi connectivity index (χ3v) is 2.92. The van der Waals surface area contributed by atoms with E-state index in [4.69, 9.17) is 9.47 Å². The summed E-state index contributed by atoms with van der Waals surface area (Å²) < 4.78 is 11.4. The molecule has 1 saturated heterocycles. The summed E-state index contributed by atoms with van der Waals surface area (Å²) in [5.41, 5.74) is 0. The van der Waals surface area contributed by atoms with Crippen LogP contribution < -0.4 is 5.32 Å². The summed E-state index contributed by atoms with van der Waals surface area (Å²) in [6.45, 7) is 10.3. The molecule has 2 atom stereocenters. The molecule has 0 spiro atoms. The lowest BCUT2D eigenvalue weighted by atomic mass is 10.2. The molecule has 0 aliphatic carbocycles. The molecule has 0 bridgehead atoms. The zero-order chi connectivity index (χ0) is 11.8. The van der Waals surface area contributed by atoms with E-state index in [1.807, 2.05) is 0 Å². The topological polar surface area (TPSA) is 30.5 Å². The molecule has 1 N–H and O–H groups in total. The average molecular weight is 229 g/mol. The second-order valence-electron chi connectivity index (χ2n) is 5.05. The van der Waals surface area contributed by atoms with Crippen molar-refractivity contribution >= 4 is 0 Å². The van der Waals surface area contributed by atoms with E-state index in [9.17, 15) is 0 Å². The van der Waals surface area contributed by atoms with Gasteiger partial charge in [-0.25, -0.2) is 0 Å². The lowest BCUT2D eigenvalue weighted by Gasteiger charge is -2.19. The van der Waals surface area contributed by atoms with E-state index >= 15 is 0 Å². The van der Waals surface area contributed by atoms with Crippen molar-refractivity contribution in [2.45, 2.75) is 52.2 Å². The average Bonchev–Trinajstić information content (AvgIpc) is 2.75. The molecule has 3 heteroatoms. The fourth-order valence-corrected chi connectivity index (χ4v) is 1.87. The van der Waals surface area contributed by atoms with Crippen LogP contribution in [-0.4, -0.2) is 38.5 Å². The summed E-state index contributed by atoms with van der Waals surface area (Å²) in [4.78, 5) is 0. The highest BCUT2D eigenvalue weighted by atomic mass is 16.5. The fraction of sp³-hybridized carbons (Fsp3) is 1.00. The van der Waals surface area contributed by atoms with E-state index in [1.165, 1.54) is 6.42 Å². The third-order valence-electron chi connectivity index (χ3n) is 2.92. The van der Waals surface area contributed by atoms with Gasteiger partial charge < -0.3 is 14.8 Å². The molecule has 0 amide bonds. The molecule has 0 radical (unpaired) electrons. The third kappa shape index (κ3) is 5.83. The van der Waals surface area contributed by atoms with Crippen LogP contribution in [0.5, 0.6) is 0 Å². The van der Waals surface area contributed by atoms with Gasteiger partial charge in [0.05, 0.1) is 18.8 Å². The second kappa shape index (κ2) is 8.04. The Hall–Kier alpha value is -0.120. The van der Waals surface area contributed by atoms with Crippen LogP contribution in [0.1, 0.15) is 40.0 Å². The molecule has 1 rings (SSSR count). The minimum Gasteiger partial charge on any atom is -0.376 e. The van der Waals surface area contributed by atoms with E-state index in [2.05, 4.69) is 26.1 Å². The van der Waals surface area contributed by atoms with Crippen molar-refractivity contribution in [1.82, 2.24) is 5.32 Å². The van der Waals surface area contributed by atoms with Crippen molar-refractivity contribution in [3.63, 3.8) is 0 Å². The summed E-state index contributed by atoms with van der Waals surface area (Å²) in [5, 5.41) is 3.45. The maximum Gasteiger partial charge on any atom is 0.0809 e. The Morgan fingerprint density at radius 3 is 2.75 bits per heavy atom. The summed E-state index contributed by atoms with van der Waals surface area (Å²) >= 11 is 0. The van der Waals surface area contributed by atoms with Crippen LogP contribution in [0.15, 0.2) is 0 Å². The maximum absolute atomic E-state index is 5.87. The molecule has 1 fully saturated rings. The number of hydrogen-bond acceptors (Lipinski definition) is 3. The number of ether oxygens (including phenoxy) is 2. The number of rotatable bonds is 8. The van der Waals surface area contributed by atoms with Crippen molar-refractivity contribution < 1.29 is 9.47 Å². The minimum atomic E-state index is 0.336. The van der Waals surface area contributed by atoms with Gasteiger partial charge in [0.15, 0.2) is 0 Å². The predicted octanol–water partition coefficient (Wildman–Crippen LogP) is 2.21. The molecule has 2 unspecified atom stereocenters. The summed E-state index contributed by atoms with van der Waals surface area (Å²) in [5.74, 6) is 0.704. The lowest BCUT2D eigenvalue weighted by molar-refractivity contribution is -0.0209. The molecular formula is C13H27NO2. The molecular weight excluding hydrogens is 202 g/mol. The normalized spacial score (nSPS) is 22.9. The van der Waals surface area contributed by atoms with E-state index < -0.39 is 0 Å². The van der Waals surface area contributed by atoms with Gasteiger partial charge in [0, 0.05) is 13.2 Å². The molecule has 96 valence electrons. The highest BCUT2D eigenvalue weighted by molar-refractivity contribution is 4.67. The predicted molar refractivity (Wildman–Crippen MR) is 66.7 cm³/mol. The molecule has 3 nitrogen and oxygen atoms in total. The van der Waals surface area contributed by atoms with Gasteiger partial charge in [0.1, 0.15) is 0 Å². The lowest BCUT2D eigenvalue weighted by Crippen LogP contribution is -2.33. The van der Waals surface area contributed by atoms with Crippen LogP contribution in [0.2, 0.25) is 0 Å². The van der Waals surface area contributed by atoms with E-state index in [-0.39, 0.29) is 0 Å². The monoisotopic (exact) mass is 229 g/mol. The van der Waals surface area contributed by atoms with E-state index in [0.29, 0.717) is 18.1 Å².